The lowest BCUT2D eigenvalue weighted by Crippen LogP contribution is -2.40. The molecule has 0 radical (unpaired) electrons. The summed E-state index contributed by atoms with van der Waals surface area (Å²) in [5.41, 5.74) is 0.0964. The summed E-state index contributed by atoms with van der Waals surface area (Å²) in [4.78, 5) is 26.3. The van der Waals surface area contributed by atoms with Crippen LogP contribution in [0.25, 0.3) is 10.9 Å². The molecule has 3 aliphatic rings. The van der Waals surface area contributed by atoms with Crippen molar-refractivity contribution in [2.75, 3.05) is 13.1 Å². The van der Waals surface area contributed by atoms with E-state index in [1.54, 1.807) is 15.5 Å². The van der Waals surface area contributed by atoms with Gasteiger partial charge in [-0.1, -0.05) is 6.07 Å². The lowest BCUT2D eigenvalue weighted by Gasteiger charge is -2.43. The fourth-order valence-corrected chi connectivity index (χ4v) is 5.62. The zero-order chi connectivity index (χ0) is 23.9. The molecule has 4 atom stereocenters. The lowest BCUT2D eigenvalue weighted by molar-refractivity contribution is -0.187. The topological polar surface area (TPSA) is 105 Å². The number of carboxylic acids is 1. The summed E-state index contributed by atoms with van der Waals surface area (Å²) in [6.07, 6.45) is 0.497. The van der Waals surface area contributed by atoms with Crippen LogP contribution in [0.5, 0.6) is 0 Å². The number of aromatic nitrogens is 1. The van der Waals surface area contributed by atoms with E-state index in [0.717, 1.165) is 22.9 Å². The maximum absolute atomic E-state index is 12.5. The minimum absolute atomic E-state index is 0.00588. The van der Waals surface area contributed by atoms with E-state index in [0.29, 0.717) is 13.1 Å². The smallest absolute Gasteiger partial charge is 0.410 e. The first-order chi connectivity index (χ1) is 15.4. The molecule has 3 heterocycles. The molecule has 174 valence electrons. The van der Waals surface area contributed by atoms with Crippen LogP contribution in [0, 0.1) is 23.2 Å². The highest BCUT2D eigenvalue weighted by atomic mass is 16.6. The first kappa shape index (κ1) is 21.8. The van der Waals surface area contributed by atoms with E-state index in [2.05, 4.69) is 6.07 Å². The maximum Gasteiger partial charge on any atom is 0.410 e. The lowest BCUT2D eigenvalue weighted by atomic mass is 9.88. The van der Waals surface area contributed by atoms with Gasteiger partial charge in [0.05, 0.1) is 23.3 Å². The van der Waals surface area contributed by atoms with Crippen molar-refractivity contribution in [3.63, 3.8) is 0 Å². The Balaban J connectivity index is 1.47. The van der Waals surface area contributed by atoms with Crippen LogP contribution in [0.15, 0.2) is 24.3 Å². The van der Waals surface area contributed by atoms with Crippen molar-refractivity contribution < 1.29 is 24.2 Å². The zero-order valence-corrected chi connectivity index (χ0v) is 19.6. The highest BCUT2D eigenvalue weighted by Crippen LogP contribution is 2.62. The second-order valence-electron chi connectivity index (χ2n) is 11.1. The van der Waals surface area contributed by atoms with Crippen LogP contribution in [-0.4, -0.2) is 50.9 Å². The molecule has 1 aliphatic carbocycles. The number of nitrogens with zero attached hydrogens (tertiary/aromatic N) is 3. The molecule has 33 heavy (non-hydrogen) atoms. The number of fused-ring (bicyclic) bond motifs is 2. The number of piperidine rings is 1. The summed E-state index contributed by atoms with van der Waals surface area (Å²) in [5.74, 6) is -1.35. The van der Waals surface area contributed by atoms with Gasteiger partial charge in [0.15, 0.2) is 0 Å². The number of carbonyl (C=O) groups excluding carboxylic acids is 1. The number of benzene rings is 1. The average Bonchev–Trinajstić information content (AvgIpc) is 3.03. The Morgan fingerprint density at radius 3 is 2.36 bits per heavy atom. The first-order valence-corrected chi connectivity index (χ1v) is 11.3. The Morgan fingerprint density at radius 2 is 1.85 bits per heavy atom. The van der Waals surface area contributed by atoms with Gasteiger partial charge < -0.3 is 24.0 Å². The van der Waals surface area contributed by atoms with Crippen LogP contribution < -0.4 is 0 Å². The normalized spacial score (nSPS) is 29.8. The number of aromatic carboxylic acids is 1. The molecule has 2 aromatic rings. The van der Waals surface area contributed by atoms with E-state index in [-0.39, 0.29) is 29.2 Å². The summed E-state index contributed by atoms with van der Waals surface area (Å²) in [7, 11) is 0. The quantitative estimate of drug-likeness (QED) is 0.746. The molecule has 0 bridgehead atoms. The van der Waals surface area contributed by atoms with Gasteiger partial charge in [0.2, 0.25) is 0 Å². The van der Waals surface area contributed by atoms with Gasteiger partial charge in [-0.15, -0.1) is 0 Å². The SMILES string of the molecule is CC(C)(C)OC(=O)N1C[C@@H]2[C@H](C1)C2(C#N)n1c(C(=O)O)cc2cc([C@@H]3CC(C)(C)O3)ccc21. The molecule has 1 N–H and O–H groups in total. The zero-order valence-electron chi connectivity index (χ0n) is 19.6. The molecule has 8 heteroatoms. The third-order valence-electron chi connectivity index (χ3n) is 7.10. The highest BCUT2D eigenvalue weighted by molar-refractivity contribution is 5.95. The van der Waals surface area contributed by atoms with Gasteiger partial charge in [-0.05, 0) is 58.4 Å². The van der Waals surface area contributed by atoms with Crippen molar-refractivity contribution in [1.29, 1.82) is 5.26 Å². The van der Waals surface area contributed by atoms with Crippen molar-refractivity contribution in [2.45, 2.75) is 63.9 Å². The van der Waals surface area contributed by atoms with E-state index >= 15 is 0 Å². The van der Waals surface area contributed by atoms with Crippen molar-refractivity contribution in [3.05, 3.63) is 35.5 Å². The van der Waals surface area contributed by atoms with Crippen molar-refractivity contribution >= 4 is 23.0 Å². The van der Waals surface area contributed by atoms with Gasteiger partial charge in [-0.25, -0.2) is 9.59 Å². The maximum atomic E-state index is 12.5. The molecule has 0 spiro atoms. The second kappa shape index (κ2) is 6.73. The van der Waals surface area contributed by atoms with Crippen LogP contribution in [0.4, 0.5) is 4.79 Å². The Hall–Kier alpha value is -3.05. The molecule has 1 unspecified atom stereocenters. The molecule has 1 aromatic heterocycles. The predicted molar refractivity (Wildman–Crippen MR) is 120 cm³/mol. The number of amides is 1. The number of ether oxygens (including phenoxy) is 2. The Morgan fingerprint density at radius 1 is 1.21 bits per heavy atom. The van der Waals surface area contributed by atoms with Crippen molar-refractivity contribution in [2.24, 2.45) is 11.8 Å². The molecule has 1 aromatic carbocycles. The van der Waals surface area contributed by atoms with Gasteiger partial charge in [0, 0.05) is 36.7 Å². The van der Waals surface area contributed by atoms with Gasteiger partial charge in [-0.2, -0.15) is 5.26 Å². The molecule has 1 amide bonds. The summed E-state index contributed by atoms with van der Waals surface area (Å²) in [6.45, 7) is 10.3. The number of hydrogen-bond donors (Lipinski definition) is 1. The van der Waals surface area contributed by atoms with Gasteiger partial charge in [0.1, 0.15) is 16.8 Å². The van der Waals surface area contributed by atoms with Crippen LogP contribution in [0.3, 0.4) is 0 Å². The Kier molecular flexibility index (Phi) is 4.44. The monoisotopic (exact) mass is 451 g/mol. The van der Waals surface area contributed by atoms with E-state index in [1.165, 1.54) is 0 Å². The fourth-order valence-electron chi connectivity index (χ4n) is 5.62. The Bertz CT molecular complexity index is 1200. The third-order valence-corrected chi connectivity index (χ3v) is 7.10. The molecule has 8 nitrogen and oxygen atoms in total. The predicted octanol–water partition coefficient (Wildman–Crippen LogP) is 4.30. The fraction of sp³-hybridized carbons (Fsp3) is 0.560. The van der Waals surface area contributed by atoms with Gasteiger partial charge >= 0.3 is 12.1 Å². The van der Waals surface area contributed by atoms with Gasteiger partial charge in [0.25, 0.3) is 0 Å². The van der Waals surface area contributed by atoms with E-state index in [1.807, 2.05) is 52.8 Å². The minimum atomic E-state index is -1.07. The van der Waals surface area contributed by atoms with E-state index < -0.39 is 23.2 Å². The number of hydrogen-bond acceptors (Lipinski definition) is 5. The van der Waals surface area contributed by atoms with Gasteiger partial charge in [-0.3, -0.25) is 0 Å². The molecular formula is C25H29N3O5. The number of carboxylic acid groups (broad SMARTS) is 1. The molecule has 1 saturated carbocycles. The van der Waals surface area contributed by atoms with Crippen LogP contribution in [0.2, 0.25) is 0 Å². The number of rotatable bonds is 3. The standard InChI is InChI=1S/C25H29N3O5/c1-23(2,3)33-22(31)27-11-16-17(12-27)25(16,13-26)28-18-7-6-14(20-10-24(4,5)32-20)8-15(18)9-19(28)21(29)30/h6-9,16-17,20H,10-12H2,1-5H3,(H,29,30)/t16-,17+,20-,25?/m0/s1. The minimum Gasteiger partial charge on any atom is -0.477 e. The number of nitriles is 1. The summed E-state index contributed by atoms with van der Waals surface area (Å²) in [5, 5.41) is 21.0. The van der Waals surface area contributed by atoms with Crippen LogP contribution in [0.1, 0.15) is 63.2 Å². The highest BCUT2D eigenvalue weighted by Gasteiger charge is 2.72. The van der Waals surface area contributed by atoms with Crippen LogP contribution in [-0.2, 0) is 15.0 Å². The first-order valence-electron chi connectivity index (χ1n) is 11.3. The summed E-state index contributed by atoms with van der Waals surface area (Å²) < 4.78 is 13.1. The molecule has 5 rings (SSSR count). The molecular weight excluding hydrogens is 422 g/mol. The van der Waals surface area contributed by atoms with E-state index in [9.17, 15) is 20.0 Å². The Labute approximate surface area is 192 Å². The molecule has 2 aliphatic heterocycles. The molecule has 3 fully saturated rings. The third kappa shape index (κ3) is 3.29. The number of carbonyl (C=O) groups is 2. The summed E-state index contributed by atoms with van der Waals surface area (Å²) >= 11 is 0. The number of likely N-dealkylation sites (tertiary alicyclic amines) is 1. The van der Waals surface area contributed by atoms with E-state index in [4.69, 9.17) is 9.47 Å². The molecule has 2 saturated heterocycles. The van der Waals surface area contributed by atoms with Crippen molar-refractivity contribution in [1.82, 2.24) is 9.47 Å². The average molecular weight is 452 g/mol. The van der Waals surface area contributed by atoms with Crippen LogP contribution >= 0.6 is 0 Å². The second-order valence-corrected chi connectivity index (χ2v) is 11.1. The van der Waals surface area contributed by atoms with Crippen molar-refractivity contribution in [3.8, 4) is 6.07 Å². The summed E-state index contributed by atoms with van der Waals surface area (Å²) in [6, 6.07) is 9.88. The largest absolute Gasteiger partial charge is 0.477 e.